The molecule has 12 heteroatoms. The number of carboxylic acid groups (broad SMARTS) is 1. The lowest BCUT2D eigenvalue weighted by atomic mass is 9.81. The smallest absolute Gasteiger partial charge is 0.306 e. The van der Waals surface area contributed by atoms with Crippen LogP contribution in [0.25, 0.3) is 0 Å². The lowest BCUT2D eigenvalue weighted by Gasteiger charge is -2.38. The van der Waals surface area contributed by atoms with Gasteiger partial charge in [0.2, 0.25) is 5.91 Å². The zero-order valence-corrected chi connectivity index (χ0v) is 33.6. The Balaban J connectivity index is 1.52. The number of likely N-dealkylation sites (tertiary alicyclic amines) is 1. The molecule has 292 valence electrons. The lowest BCUT2D eigenvalue weighted by Crippen LogP contribution is -2.48. The number of aryl methyl sites for hydroxylation is 1. The van der Waals surface area contributed by atoms with E-state index in [1.807, 2.05) is 52.1 Å². The number of hydrogen-bond acceptors (Lipinski definition) is 9. The van der Waals surface area contributed by atoms with Gasteiger partial charge in [-0.15, -0.1) is 11.3 Å². The highest BCUT2D eigenvalue weighted by atomic mass is 32.1. The zero-order valence-electron chi connectivity index (χ0n) is 32.8. The van der Waals surface area contributed by atoms with Crippen molar-refractivity contribution in [3.8, 4) is 0 Å². The van der Waals surface area contributed by atoms with Gasteiger partial charge in [-0.05, 0) is 82.4 Å². The number of amides is 2. The Bertz CT molecular complexity index is 1570. The van der Waals surface area contributed by atoms with E-state index in [1.54, 1.807) is 24.3 Å². The minimum atomic E-state index is -0.937. The number of likely N-dealkylation sites (N-methyl/N-ethyl adjacent to an activating group) is 1. The Labute approximate surface area is 319 Å². The minimum absolute atomic E-state index is 0.0134. The van der Waals surface area contributed by atoms with Crippen molar-refractivity contribution in [3.63, 3.8) is 0 Å². The van der Waals surface area contributed by atoms with Crippen LogP contribution >= 0.6 is 11.3 Å². The highest BCUT2D eigenvalue weighted by molar-refractivity contribution is 7.09. The molecule has 0 spiro atoms. The second kappa shape index (κ2) is 19.1. The number of Topliss-reactive ketones (excluding diaryl/α,β-unsaturated/α-hetero) is 1. The molecule has 2 fully saturated rings. The van der Waals surface area contributed by atoms with E-state index in [2.05, 4.69) is 22.1 Å². The van der Waals surface area contributed by atoms with Crippen molar-refractivity contribution in [2.75, 3.05) is 20.6 Å². The number of piperidine rings is 1. The number of esters is 1. The molecule has 4 rings (SSSR count). The van der Waals surface area contributed by atoms with Gasteiger partial charge >= 0.3 is 11.9 Å². The van der Waals surface area contributed by atoms with Crippen molar-refractivity contribution in [1.29, 1.82) is 0 Å². The summed E-state index contributed by atoms with van der Waals surface area (Å²) in [5.74, 6) is -2.42. The Morgan fingerprint density at radius 3 is 2.30 bits per heavy atom. The number of nitrogens with zero attached hydrogens (tertiary/aromatic N) is 3. The summed E-state index contributed by atoms with van der Waals surface area (Å²) in [4.78, 5) is 74.2. The summed E-state index contributed by atoms with van der Waals surface area (Å²) in [5, 5.41) is 14.6. The number of hydrogen-bond donors (Lipinski definition) is 2. The fourth-order valence-electron chi connectivity index (χ4n) is 7.73. The zero-order chi connectivity index (χ0) is 39.0. The van der Waals surface area contributed by atoms with Crippen LogP contribution < -0.4 is 5.32 Å². The Kier molecular flexibility index (Phi) is 15.2. The number of nitrogens with one attached hydrogen (secondary N) is 1. The van der Waals surface area contributed by atoms with Crippen LogP contribution in [-0.2, 0) is 30.3 Å². The van der Waals surface area contributed by atoms with Crippen molar-refractivity contribution < 1.29 is 33.8 Å². The average Bonchev–Trinajstić information content (AvgIpc) is 3.84. The van der Waals surface area contributed by atoms with Gasteiger partial charge in [0.25, 0.3) is 5.91 Å². The normalized spacial score (nSPS) is 19.8. The predicted molar refractivity (Wildman–Crippen MR) is 205 cm³/mol. The molecule has 2 aromatic rings. The Hall–Kier alpha value is -3.64. The predicted octanol–water partition coefficient (Wildman–Crippen LogP) is 6.49. The summed E-state index contributed by atoms with van der Waals surface area (Å²) in [5.41, 5.74) is 2.23. The number of carbonyl (C=O) groups excluding carboxylic acids is 4. The van der Waals surface area contributed by atoms with E-state index in [9.17, 15) is 29.1 Å². The third-order valence-corrected chi connectivity index (χ3v) is 12.2. The van der Waals surface area contributed by atoms with Gasteiger partial charge in [0.05, 0.1) is 12.0 Å². The number of ether oxygens (including phenoxy) is 1. The number of benzene rings is 1. The molecule has 7 atom stereocenters. The third-order valence-electron chi connectivity index (χ3n) is 11.3. The Morgan fingerprint density at radius 1 is 1.04 bits per heavy atom. The fourth-order valence-corrected chi connectivity index (χ4v) is 8.57. The monoisotopic (exact) mass is 752 g/mol. The van der Waals surface area contributed by atoms with Gasteiger partial charge in [-0.3, -0.25) is 28.9 Å². The van der Waals surface area contributed by atoms with Gasteiger partial charge in [0, 0.05) is 50.2 Å². The summed E-state index contributed by atoms with van der Waals surface area (Å²) >= 11 is 1.20. The minimum Gasteiger partial charge on any atom is -0.481 e. The Morgan fingerprint density at radius 2 is 1.72 bits per heavy atom. The maximum atomic E-state index is 14.4. The number of ketones is 1. The molecule has 2 heterocycles. The van der Waals surface area contributed by atoms with E-state index in [0.29, 0.717) is 17.3 Å². The second-order valence-corrected chi connectivity index (χ2v) is 16.9. The summed E-state index contributed by atoms with van der Waals surface area (Å²) in [7, 11) is 3.78. The molecule has 1 aromatic heterocycles. The fraction of sp³-hybridized carbons (Fsp3) is 0.659. The molecule has 2 aliphatic rings. The van der Waals surface area contributed by atoms with Crippen molar-refractivity contribution >= 4 is 40.9 Å². The van der Waals surface area contributed by atoms with Crippen LogP contribution in [0.4, 0.5) is 0 Å². The number of carboxylic acids is 1. The molecule has 1 aliphatic carbocycles. The first-order chi connectivity index (χ1) is 25.0. The highest BCUT2D eigenvalue weighted by Gasteiger charge is 2.42. The van der Waals surface area contributed by atoms with Gasteiger partial charge in [0.1, 0.15) is 10.7 Å². The van der Waals surface area contributed by atoms with E-state index in [0.717, 1.165) is 49.8 Å². The van der Waals surface area contributed by atoms with Gasteiger partial charge in [-0.25, -0.2) is 4.98 Å². The molecular formula is C41H60N4O7S. The standard InChI is InChI=1S/C41H60N4O7S/c1-24(2)35(45(8)40(49)32(27(5)30-16-17-30)21-36(47)34-11-9-10-18-44(34)7)22-37(52-28(6)46)39-43-33(23-53-39)38(48)42-31(19-26(4)41(50)51)20-29-14-12-25(3)13-15-29/h12-15,23-24,26-27,30-32,34-35,37H,9-11,16-22H2,1-8H3,(H,42,48)(H,50,51)/t26-,27-,31+,32-,34+,35+,37+/m0/s1. The molecule has 0 bridgehead atoms. The SMILES string of the molecule is CC(=O)O[C@H](C[C@H](C(C)C)N(C)C(=O)[C@@H](CC(=O)[C@H]1CCCCN1C)[C@@H](C)C1CC1)c1nc(C(=O)N[C@@H](Cc2ccc(C)cc2)C[C@H](C)C(=O)O)cs1. The lowest BCUT2D eigenvalue weighted by molar-refractivity contribution is -0.149. The molecule has 0 unspecified atom stereocenters. The van der Waals surface area contributed by atoms with Gasteiger partial charge in [-0.2, -0.15) is 0 Å². The average molecular weight is 753 g/mol. The highest BCUT2D eigenvalue weighted by Crippen LogP contribution is 2.43. The molecule has 1 saturated carbocycles. The van der Waals surface area contributed by atoms with Gasteiger partial charge < -0.3 is 20.1 Å². The molecule has 1 aromatic carbocycles. The summed E-state index contributed by atoms with van der Waals surface area (Å²) < 4.78 is 5.82. The first-order valence-corrected chi connectivity index (χ1v) is 20.1. The van der Waals surface area contributed by atoms with E-state index in [1.165, 1.54) is 18.3 Å². The topological polar surface area (TPSA) is 146 Å². The van der Waals surface area contributed by atoms with Crippen LogP contribution in [-0.4, -0.2) is 88.2 Å². The summed E-state index contributed by atoms with van der Waals surface area (Å²) in [6.07, 6.45) is 5.42. The first kappa shape index (κ1) is 42.1. The molecule has 2 amide bonds. The van der Waals surface area contributed by atoms with Crippen LogP contribution in [0.1, 0.15) is 119 Å². The van der Waals surface area contributed by atoms with E-state index >= 15 is 0 Å². The number of aromatic nitrogens is 1. The van der Waals surface area contributed by atoms with E-state index in [-0.39, 0.29) is 60.6 Å². The van der Waals surface area contributed by atoms with Crippen LogP contribution in [0.5, 0.6) is 0 Å². The number of carbonyl (C=O) groups is 5. The molecular weight excluding hydrogens is 693 g/mol. The van der Waals surface area contributed by atoms with Crippen LogP contribution in [0.3, 0.4) is 0 Å². The van der Waals surface area contributed by atoms with Crippen molar-refractivity contribution in [1.82, 2.24) is 20.1 Å². The molecule has 1 aliphatic heterocycles. The quantitative estimate of drug-likeness (QED) is 0.154. The summed E-state index contributed by atoms with van der Waals surface area (Å²) in [6.45, 7) is 12.0. The maximum absolute atomic E-state index is 14.4. The molecule has 53 heavy (non-hydrogen) atoms. The molecule has 2 N–H and O–H groups in total. The van der Waals surface area contributed by atoms with E-state index < -0.39 is 41.8 Å². The number of aliphatic carboxylic acids is 1. The van der Waals surface area contributed by atoms with Crippen molar-refractivity contribution in [3.05, 3.63) is 51.5 Å². The number of rotatable bonds is 19. The molecule has 1 saturated heterocycles. The van der Waals surface area contributed by atoms with Crippen molar-refractivity contribution in [2.24, 2.45) is 29.6 Å². The van der Waals surface area contributed by atoms with Gasteiger partial charge in [0.15, 0.2) is 11.9 Å². The molecule has 11 nitrogen and oxygen atoms in total. The third kappa shape index (κ3) is 11.9. The van der Waals surface area contributed by atoms with Gasteiger partial charge in [-0.1, -0.05) is 63.9 Å². The van der Waals surface area contributed by atoms with Crippen LogP contribution in [0, 0.1) is 36.5 Å². The van der Waals surface area contributed by atoms with Crippen LogP contribution in [0.15, 0.2) is 29.6 Å². The van der Waals surface area contributed by atoms with Crippen molar-refractivity contribution in [2.45, 2.75) is 124 Å². The molecule has 0 radical (unpaired) electrons. The van der Waals surface area contributed by atoms with Crippen LogP contribution in [0.2, 0.25) is 0 Å². The largest absolute Gasteiger partial charge is 0.481 e. The number of thiazole rings is 1. The van der Waals surface area contributed by atoms with E-state index in [4.69, 9.17) is 4.74 Å². The summed E-state index contributed by atoms with van der Waals surface area (Å²) in [6, 6.07) is 6.96. The maximum Gasteiger partial charge on any atom is 0.306 e. The first-order valence-electron chi connectivity index (χ1n) is 19.3. The second-order valence-electron chi connectivity index (χ2n) is 16.0.